The second-order valence-electron chi connectivity index (χ2n) is 6.97. The van der Waals surface area contributed by atoms with Crippen molar-refractivity contribution in [2.75, 3.05) is 6.54 Å². The molecule has 0 saturated carbocycles. The van der Waals surface area contributed by atoms with Gasteiger partial charge in [0.25, 0.3) is 0 Å². The van der Waals surface area contributed by atoms with E-state index >= 15 is 0 Å². The number of carbonyl (C=O) groups excluding carboxylic acids is 2. The Labute approximate surface area is 150 Å². The molecule has 0 fully saturated rings. The summed E-state index contributed by atoms with van der Waals surface area (Å²) in [6.45, 7) is 7.37. The predicted molar refractivity (Wildman–Crippen MR) is 95.7 cm³/mol. The fraction of sp³-hybridized carbons (Fsp3) is 0.556. The van der Waals surface area contributed by atoms with Crippen LogP contribution >= 0.6 is 0 Å². The van der Waals surface area contributed by atoms with E-state index in [1.807, 2.05) is 6.92 Å². The molecule has 0 saturated heterocycles. The summed E-state index contributed by atoms with van der Waals surface area (Å²) in [5.41, 5.74) is 0.383. The van der Waals surface area contributed by atoms with Crippen LogP contribution in [0.15, 0.2) is 29.2 Å². The van der Waals surface area contributed by atoms with Crippen LogP contribution in [0.2, 0.25) is 0 Å². The SMILES string of the molecule is Cc1ccc(S(=O)(=O)NCCCCC(=O)CC(=O)OC(C)(C)C)cc1. The summed E-state index contributed by atoms with van der Waals surface area (Å²) in [5.74, 6) is -0.729. The minimum Gasteiger partial charge on any atom is -0.460 e. The molecule has 0 aliphatic rings. The van der Waals surface area contributed by atoms with Crippen LogP contribution in [-0.4, -0.2) is 32.3 Å². The fourth-order valence-corrected chi connectivity index (χ4v) is 3.16. The van der Waals surface area contributed by atoms with Crippen LogP contribution in [0.3, 0.4) is 0 Å². The van der Waals surface area contributed by atoms with E-state index < -0.39 is 21.6 Å². The van der Waals surface area contributed by atoms with E-state index in [1.54, 1.807) is 45.0 Å². The van der Waals surface area contributed by atoms with E-state index in [4.69, 9.17) is 4.74 Å². The lowest BCUT2D eigenvalue weighted by Crippen LogP contribution is -2.26. The Hall–Kier alpha value is -1.73. The lowest BCUT2D eigenvalue weighted by Gasteiger charge is -2.19. The van der Waals surface area contributed by atoms with Gasteiger partial charge in [0, 0.05) is 13.0 Å². The number of aryl methyl sites for hydroxylation is 1. The number of sulfonamides is 1. The Bertz CT molecular complexity index is 687. The second-order valence-corrected chi connectivity index (χ2v) is 8.74. The number of unbranched alkanes of at least 4 members (excludes halogenated alkanes) is 1. The monoisotopic (exact) mass is 369 g/mol. The number of carbonyl (C=O) groups is 2. The van der Waals surface area contributed by atoms with Gasteiger partial charge in [-0.3, -0.25) is 9.59 Å². The van der Waals surface area contributed by atoms with Crippen molar-refractivity contribution in [2.45, 2.75) is 63.9 Å². The van der Waals surface area contributed by atoms with Gasteiger partial charge >= 0.3 is 5.97 Å². The van der Waals surface area contributed by atoms with E-state index in [9.17, 15) is 18.0 Å². The highest BCUT2D eigenvalue weighted by Gasteiger charge is 2.18. The molecule has 1 aromatic rings. The molecular weight excluding hydrogens is 342 g/mol. The highest BCUT2D eigenvalue weighted by molar-refractivity contribution is 7.89. The summed E-state index contributed by atoms with van der Waals surface area (Å²) in [4.78, 5) is 23.5. The van der Waals surface area contributed by atoms with Crippen molar-refractivity contribution in [2.24, 2.45) is 0 Å². The van der Waals surface area contributed by atoms with Crippen LogP contribution < -0.4 is 4.72 Å². The van der Waals surface area contributed by atoms with Gasteiger partial charge in [0.05, 0.1) is 4.90 Å². The van der Waals surface area contributed by atoms with Crippen molar-refractivity contribution in [3.63, 3.8) is 0 Å². The smallest absolute Gasteiger partial charge is 0.313 e. The molecule has 0 bridgehead atoms. The number of nitrogens with one attached hydrogen (secondary N) is 1. The maximum atomic E-state index is 12.1. The molecule has 0 unspecified atom stereocenters. The Kier molecular flexibility index (Phi) is 7.76. The van der Waals surface area contributed by atoms with E-state index in [1.165, 1.54) is 0 Å². The zero-order chi connectivity index (χ0) is 19.1. The maximum absolute atomic E-state index is 12.1. The van der Waals surface area contributed by atoms with Crippen molar-refractivity contribution in [3.8, 4) is 0 Å². The number of esters is 1. The topological polar surface area (TPSA) is 89.5 Å². The third kappa shape index (κ3) is 8.79. The molecule has 1 aromatic carbocycles. The fourth-order valence-electron chi connectivity index (χ4n) is 2.08. The lowest BCUT2D eigenvalue weighted by molar-refractivity contribution is -0.156. The van der Waals surface area contributed by atoms with Crippen molar-refractivity contribution < 1.29 is 22.7 Å². The summed E-state index contributed by atoms with van der Waals surface area (Å²) < 4.78 is 31.8. The van der Waals surface area contributed by atoms with Gasteiger partial charge in [-0.25, -0.2) is 13.1 Å². The maximum Gasteiger partial charge on any atom is 0.313 e. The second kappa shape index (κ2) is 9.10. The first-order valence-electron chi connectivity index (χ1n) is 8.29. The molecule has 0 aliphatic carbocycles. The van der Waals surface area contributed by atoms with Gasteiger partial charge in [0.2, 0.25) is 10.0 Å². The predicted octanol–water partition coefficient (Wildman–Crippen LogP) is 2.74. The lowest BCUT2D eigenvalue weighted by atomic mass is 10.1. The Morgan fingerprint density at radius 2 is 1.68 bits per heavy atom. The van der Waals surface area contributed by atoms with Crippen LogP contribution in [0.1, 0.15) is 52.0 Å². The number of Topliss-reactive ketones (excluding diaryl/α,β-unsaturated/α-hetero) is 1. The quantitative estimate of drug-likeness (QED) is 0.411. The van der Waals surface area contributed by atoms with Crippen molar-refractivity contribution in [3.05, 3.63) is 29.8 Å². The van der Waals surface area contributed by atoms with Gasteiger partial charge < -0.3 is 4.74 Å². The van der Waals surface area contributed by atoms with E-state index in [0.717, 1.165) is 5.56 Å². The first kappa shape index (κ1) is 21.3. The van der Waals surface area contributed by atoms with Crippen LogP contribution in [0, 0.1) is 6.92 Å². The Morgan fingerprint density at radius 3 is 2.24 bits per heavy atom. The van der Waals surface area contributed by atoms with Gasteiger partial charge in [0.15, 0.2) is 0 Å². The molecule has 140 valence electrons. The summed E-state index contributed by atoms with van der Waals surface area (Å²) in [6, 6.07) is 6.60. The molecule has 0 spiro atoms. The minimum atomic E-state index is -3.53. The van der Waals surface area contributed by atoms with Crippen molar-refractivity contribution in [1.29, 1.82) is 0 Å². The molecule has 7 heteroatoms. The number of hydrogen-bond acceptors (Lipinski definition) is 5. The summed E-state index contributed by atoms with van der Waals surface area (Å²) in [5, 5.41) is 0. The number of rotatable bonds is 9. The Morgan fingerprint density at radius 1 is 1.08 bits per heavy atom. The third-order valence-electron chi connectivity index (χ3n) is 3.27. The highest BCUT2D eigenvalue weighted by atomic mass is 32.2. The molecule has 0 amide bonds. The molecule has 1 rings (SSSR count). The molecule has 0 radical (unpaired) electrons. The van der Waals surface area contributed by atoms with Gasteiger partial charge in [-0.2, -0.15) is 0 Å². The molecule has 0 heterocycles. The molecule has 0 aromatic heterocycles. The van der Waals surface area contributed by atoms with Gasteiger partial charge in [-0.15, -0.1) is 0 Å². The summed E-state index contributed by atoms with van der Waals surface area (Å²) in [7, 11) is -3.53. The zero-order valence-corrected chi connectivity index (χ0v) is 16.1. The van der Waals surface area contributed by atoms with Gasteiger partial charge in [0.1, 0.15) is 17.8 Å². The first-order valence-corrected chi connectivity index (χ1v) is 9.78. The third-order valence-corrected chi connectivity index (χ3v) is 4.74. The van der Waals surface area contributed by atoms with Crippen molar-refractivity contribution >= 4 is 21.8 Å². The number of benzene rings is 1. The van der Waals surface area contributed by atoms with E-state index in [0.29, 0.717) is 12.8 Å². The highest BCUT2D eigenvalue weighted by Crippen LogP contribution is 2.11. The van der Waals surface area contributed by atoms with Gasteiger partial charge in [-0.1, -0.05) is 17.7 Å². The van der Waals surface area contributed by atoms with Crippen LogP contribution in [-0.2, 0) is 24.3 Å². The first-order chi connectivity index (χ1) is 11.5. The number of hydrogen-bond donors (Lipinski definition) is 1. The molecule has 0 aliphatic heterocycles. The van der Waals surface area contributed by atoms with Gasteiger partial charge in [-0.05, 0) is 52.7 Å². The Balaban J connectivity index is 2.28. The standard InChI is InChI=1S/C18H27NO5S/c1-14-8-10-16(11-9-14)25(22,23)19-12-6-5-7-15(20)13-17(21)24-18(2,3)4/h8-11,19H,5-7,12-13H2,1-4H3. The van der Waals surface area contributed by atoms with Crippen molar-refractivity contribution in [1.82, 2.24) is 4.72 Å². The zero-order valence-electron chi connectivity index (χ0n) is 15.3. The number of ketones is 1. The van der Waals surface area contributed by atoms with Crippen LogP contribution in [0.25, 0.3) is 0 Å². The van der Waals surface area contributed by atoms with E-state index in [2.05, 4.69) is 4.72 Å². The average Bonchev–Trinajstić information content (AvgIpc) is 2.45. The molecule has 25 heavy (non-hydrogen) atoms. The molecule has 0 atom stereocenters. The molecule has 6 nitrogen and oxygen atoms in total. The van der Waals surface area contributed by atoms with Crippen LogP contribution in [0.5, 0.6) is 0 Å². The summed E-state index contributed by atoms with van der Waals surface area (Å²) >= 11 is 0. The largest absolute Gasteiger partial charge is 0.460 e. The molecule has 1 N–H and O–H groups in total. The summed E-state index contributed by atoms with van der Waals surface area (Å²) in [6.07, 6.45) is 1.01. The van der Waals surface area contributed by atoms with E-state index in [-0.39, 0.29) is 30.1 Å². The average molecular weight is 369 g/mol. The van der Waals surface area contributed by atoms with Crippen LogP contribution in [0.4, 0.5) is 0 Å². The minimum absolute atomic E-state index is 0.198. The normalized spacial score (nSPS) is 12.0. The molecular formula is C18H27NO5S. The number of ether oxygens (including phenoxy) is 1.